The molecule has 0 radical (unpaired) electrons. The number of rotatable bonds is 3. The third kappa shape index (κ3) is 2.69. The molecule has 1 aliphatic rings. The summed E-state index contributed by atoms with van der Waals surface area (Å²) in [6.07, 6.45) is 5.67. The summed E-state index contributed by atoms with van der Waals surface area (Å²) in [6.45, 7) is 2.26. The highest BCUT2D eigenvalue weighted by Crippen LogP contribution is 2.29. The average Bonchev–Trinajstić information content (AvgIpc) is 2.39. The van der Waals surface area contributed by atoms with E-state index in [1.807, 2.05) is 11.9 Å². The Hall–Kier alpha value is -1.43. The van der Waals surface area contributed by atoms with Gasteiger partial charge in [0, 0.05) is 13.1 Å². The molecule has 3 N–H and O–H groups in total. The first kappa shape index (κ1) is 13.0. The minimum absolute atomic E-state index is 0.238. The van der Waals surface area contributed by atoms with Crippen molar-refractivity contribution in [1.82, 2.24) is 9.97 Å². The molecule has 0 unspecified atom stereocenters. The summed E-state index contributed by atoms with van der Waals surface area (Å²) in [4.78, 5) is 9.74. The summed E-state index contributed by atoms with van der Waals surface area (Å²) in [5, 5.41) is 0. The summed E-state index contributed by atoms with van der Waals surface area (Å²) < 4.78 is 13.8. The monoisotopic (exact) mass is 253 g/mol. The van der Waals surface area contributed by atoms with Gasteiger partial charge in [0.25, 0.3) is 0 Å². The van der Waals surface area contributed by atoms with E-state index in [-0.39, 0.29) is 5.95 Å². The van der Waals surface area contributed by atoms with E-state index in [0.29, 0.717) is 11.9 Å². The number of anilines is 2. The second-order valence-corrected chi connectivity index (χ2v) is 5.03. The predicted octanol–water partition coefficient (Wildman–Crippen LogP) is 1.92. The Morgan fingerprint density at radius 3 is 2.67 bits per heavy atom. The molecule has 1 aliphatic carbocycles. The van der Waals surface area contributed by atoms with Gasteiger partial charge in [-0.2, -0.15) is 4.98 Å². The minimum Gasteiger partial charge on any atom is -0.354 e. The van der Waals surface area contributed by atoms with Gasteiger partial charge in [-0.1, -0.05) is 6.92 Å². The molecular weight excluding hydrogens is 233 g/mol. The van der Waals surface area contributed by atoms with E-state index in [0.717, 1.165) is 25.0 Å². The molecular formula is C12H20FN5. The molecule has 0 amide bonds. The van der Waals surface area contributed by atoms with Crippen molar-refractivity contribution in [3.63, 3.8) is 0 Å². The van der Waals surface area contributed by atoms with E-state index in [1.165, 1.54) is 12.8 Å². The fourth-order valence-electron chi connectivity index (χ4n) is 2.48. The first-order valence-corrected chi connectivity index (χ1v) is 6.33. The zero-order valence-corrected chi connectivity index (χ0v) is 10.9. The van der Waals surface area contributed by atoms with Crippen LogP contribution in [0, 0.1) is 11.7 Å². The summed E-state index contributed by atoms with van der Waals surface area (Å²) in [6, 6.07) is 0.344. The molecule has 1 fully saturated rings. The van der Waals surface area contributed by atoms with Crippen LogP contribution in [-0.2, 0) is 0 Å². The molecule has 0 saturated heterocycles. The lowest BCUT2D eigenvalue weighted by Crippen LogP contribution is -2.36. The molecule has 5 nitrogen and oxygen atoms in total. The van der Waals surface area contributed by atoms with Gasteiger partial charge in [0.1, 0.15) is 0 Å². The van der Waals surface area contributed by atoms with Gasteiger partial charge in [0.15, 0.2) is 11.6 Å². The molecule has 0 bridgehead atoms. The Kier molecular flexibility index (Phi) is 3.96. The van der Waals surface area contributed by atoms with Crippen molar-refractivity contribution >= 4 is 11.8 Å². The maximum Gasteiger partial charge on any atom is 0.239 e. The molecule has 0 aliphatic heterocycles. The van der Waals surface area contributed by atoms with Crippen molar-refractivity contribution in [2.24, 2.45) is 11.8 Å². The van der Waals surface area contributed by atoms with Gasteiger partial charge in [-0.3, -0.25) is 5.43 Å². The van der Waals surface area contributed by atoms with Crippen LogP contribution >= 0.6 is 0 Å². The highest BCUT2D eigenvalue weighted by atomic mass is 19.1. The normalized spacial score (nSPS) is 23.8. The van der Waals surface area contributed by atoms with Crippen molar-refractivity contribution in [1.29, 1.82) is 0 Å². The zero-order valence-electron chi connectivity index (χ0n) is 10.9. The van der Waals surface area contributed by atoms with Crippen LogP contribution in [0.5, 0.6) is 0 Å². The summed E-state index contributed by atoms with van der Waals surface area (Å²) in [5.74, 6) is 6.17. The third-order valence-corrected chi connectivity index (χ3v) is 3.72. The molecule has 1 aromatic rings. The van der Waals surface area contributed by atoms with Gasteiger partial charge in [0.2, 0.25) is 5.95 Å². The largest absolute Gasteiger partial charge is 0.354 e. The van der Waals surface area contributed by atoms with Gasteiger partial charge in [-0.25, -0.2) is 15.2 Å². The highest BCUT2D eigenvalue weighted by Gasteiger charge is 2.24. The summed E-state index contributed by atoms with van der Waals surface area (Å²) in [5.41, 5.74) is 2.34. The van der Waals surface area contributed by atoms with Crippen molar-refractivity contribution < 1.29 is 4.39 Å². The topological polar surface area (TPSA) is 67.1 Å². The van der Waals surface area contributed by atoms with Crippen LogP contribution in [0.25, 0.3) is 0 Å². The lowest BCUT2D eigenvalue weighted by atomic mass is 9.87. The molecule has 100 valence electrons. The van der Waals surface area contributed by atoms with Crippen LogP contribution in [0.3, 0.4) is 0 Å². The average molecular weight is 253 g/mol. The second kappa shape index (κ2) is 5.48. The molecule has 18 heavy (non-hydrogen) atoms. The van der Waals surface area contributed by atoms with E-state index < -0.39 is 5.82 Å². The number of hydrogen-bond donors (Lipinski definition) is 2. The summed E-state index contributed by atoms with van der Waals surface area (Å²) in [7, 11) is 1.88. The van der Waals surface area contributed by atoms with E-state index in [1.54, 1.807) is 0 Å². The van der Waals surface area contributed by atoms with Crippen LogP contribution < -0.4 is 16.2 Å². The maximum atomic E-state index is 13.8. The molecule has 0 atom stereocenters. The Bertz CT molecular complexity index is 403. The maximum absolute atomic E-state index is 13.8. The number of aromatic nitrogens is 2. The smallest absolute Gasteiger partial charge is 0.239 e. The van der Waals surface area contributed by atoms with Crippen LogP contribution in [-0.4, -0.2) is 23.1 Å². The molecule has 1 heterocycles. The van der Waals surface area contributed by atoms with E-state index in [4.69, 9.17) is 5.84 Å². The second-order valence-electron chi connectivity index (χ2n) is 5.03. The fraction of sp³-hybridized carbons (Fsp3) is 0.667. The molecule has 0 spiro atoms. The Labute approximate surface area is 107 Å². The number of nitrogens with zero attached hydrogens (tertiary/aromatic N) is 3. The minimum atomic E-state index is -0.407. The standard InChI is InChI=1S/C12H20FN5/c1-8-3-5-9(6-4-8)18(2)11-10(13)7-15-12(16-11)17-14/h7-9H,3-6,14H2,1-2H3,(H,15,16,17). The lowest BCUT2D eigenvalue weighted by Gasteiger charge is -2.34. The van der Waals surface area contributed by atoms with Crippen molar-refractivity contribution in [3.05, 3.63) is 12.0 Å². The quantitative estimate of drug-likeness (QED) is 0.636. The van der Waals surface area contributed by atoms with Gasteiger partial charge in [-0.05, 0) is 31.6 Å². The fourth-order valence-corrected chi connectivity index (χ4v) is 2.48. The number of nitrogens with two attached hydrogens (primary N) is 1. The predicted molar refractivity (Wildman–Crippen MR) is 69.6 cm³/mol. The number of nitrogen functional groups attached to an aromatic ring is 1. The van der Waals surface area contributed by atoms with Gasteiger partial charge in [0.05, 0.1) is 6.20 Å². The Balaban J connectivity index is 2.14. The molecule has 1 aromatic heterocycles. The highest BCUT2D eigenvalue weighted by molar-refractivity contribution is 5.43. The number of halogens is 1. The SMILES string of the molecule is CC1CCC(N(C)c2nc(NN)ncc2F)CC1. The van der Waals surface area contributed by atoms with Gasteiger partial charge in [-0.15, -0.1) is 0 Å². The number of hydrazine groups is 1. The molecule has 6 heteroatoms. The van der Waals surface area contributed by atoms with Crippen LogP contribution in [0.2, 0.25) is 0 Å². The lowest BCUT2D eigenvalue weighted by molar-refractivity contribution is 0.338. The Morgan fingerprint density at radius 1 is 1.39 bits per heavy atom. The van der Waals surface area contributed by atoms with Gasteiger partial charge >= 0.3 is 0 Å². The van der Waals surface area contributed by atoms with Crippen LogP contribution in [0.1, 0.15) is 32.6 Å². The van der Waals surface area contributed by atoms with E-state index in [2.05, 4.69) is 22.3 Å². The zero-order chi connectivity index (χ0) is 13.1. The number of hydrogen-bond acceptors (Lipinski definition) is 5. The van der Waals surface area contributed by atoms with Crippen LogP contribution in [0.4, 0.5) is 16.2 Å². The Morgan fingerprint density at radius 2 is 2.06 bits per heavy atom. The van der Waals surface area contributed by atoms with Crippen molar-refractivity contribution in [3.8, 4) is 0 Å². The first-order chi connectivity index (χ1) is 8.61. The molecule has 2 rings (SSSR count). The molecule has 0 aromatic carbocycles. The first-order valence-electron chi connectivity index (χ1n) is 6.33. The van der Waals surface area contributed by atoms with E-state index >= 15 is 0 Å². The van der Waals surface area contributed by atoms with Crippen molar-refractivity contribution in [2.45, 2.75) is 38.6 Å². The summed E-state index contributed by atoms with van der Waals surface area (Å²) >= 11 is 0. The number of nitrogens with one attached hydrogen (secondary N) is 1. The van der Waals surface area contributed by atoms with Gasteiger partial charge < -0.3 is 4.90 Å². The van der Waals surface area contributed by atoms with Crippen LogP contribution in [0.15, 0.2) is 6.20 Å². The molecule has 1 saturated carbocycles. The van der Waals surface area contributed by atoms with Crippen molar-refractivity contribution in [2.75, 3.05) is 17.4 Å². The van der Waals surface area contributed by atoms with E-state index in [9.17, 15) is 4.39 Å². The third-order valence-electron chi connectivity index (χ3n) is 3.72.